The van der Waals surface area contributed by atoms with Crippen LogP contribution in [-0.2, 0) is 13.1 Å². The molecule has 0 aliphatic heterocycles. The van der Waals surface area contributed by atoms with E-state index >= 15 is 0 Å². The van der Waals surface area contributed by atoms with Crippen LogP contribution in [0.25, 0.3) is 11.0 Å². The summed E-state index contributed by atoms with van der Waals surface area (Å²) in [5, 5.41) is 0. The van der Waals surface area contributed by atoms with Crippen LogP contribution in [0.4, 0.5) is 0 Å². The molecule has 1 aromatic heterocycles. The van der Waals surface area contributed by atoms with Crippen molar-refractivity contribution in [3.63, 3.8) is 0 Å². The first-order valence-electron chi connectivity index (χ1n) is 4.92. The highest BCUT2D eigenvalue weighted by atomic mass is 15.1. The van der Waals surface area contributed by atoms with Crippen molar-refractivity contribution in [3.8, 4) is 0 Å². The lowest BCUT2D eigenvalue weighted by atomic mass is 10.2. The van der Waals surface area contributed by atoms with Gasteiger partial charge in [-0.25, -0.2) is 4.98 Å². The predicted octanol–water partition coefficient (Wildman–Crippen LogP) is 1.82. The highest BCUT2D eigenvalue weighted by Crippen LogP contribution is 2.17. The van der Waals surface area contributed by atoms with Crippen molar-refractivity contribution in [2.45, 2.75) is 26.9 Å². The van der Waals surface area contributed by atoms with E-state index in [1.165, 1.54) is 11.1 Å². The Labute approximate surface area is 83.6 Å². The minimum absolute atomic E-state index is 0.502. The van der Waals surface area contributed by atoms with Crippen molar-refractivity contribution in [1.82, 2.24) is 9.55 Å². The summed E-state index contributed by atoms with van der Waals surface area (Å²) in [5.41, 5.74) is 9.13. The van der Waals surface area contributed by atoms with Gasteiger partial charge in [0.05, 0.1) is 17.6 Å². The number of benzene rings is 1. The van der Waals surface area contributed by atoms with Gasteiger partial charge in [-0.05, 0) is 31.5 Å². The lowest BCUT2D eigenvalue weighted by Crippen LogP contribution is -2.06. The minimum atomic E-state index is 0.502. The Kier molecular flexibility index (Phi) is 2.25. The van der Waals surface area contributed by atoms with E-state index in [2.05, 4.69) is 41.6 Å². The van der Waals surface area contributed by atoms with Crippen LogP contribution in [-0.4, -0.2) is 9.55 Å². The molecule has 0 saturated carbocycles. The summed E-state index contributed by atoms with van der Waals surface area (Å²) in [6, 6.07) is 6.29. The van der Waals surface area contributed by atoms with Gasteiger partial charge in [-0.15, -0.1) is 0 Å². The Bertz CT molecular complexity index is 457. The van der Waals surface area contributed by atoms with Gasteiger partial charge in [0.1, 0.15) is 5.82 Å². The minimum Gasteiger partial charge on any atom is -0.327 e. The maximum atomic E-state index is 5.64. The third kappa shape index (κ3) is 1.30. The lowest BCUT2D eigenvalue weighted by molar-refractivity contribution is 0.718. The quantitative estimate of drug-likeness (QED) is 0.783. The maximum absolute atomic E-state index is 5.64. The number of hydrogen-bond donors (Lipinski definition) is 1. The summed E-state index contributed by atoms with van der Waals surface area (Å²) >= 11 is 0. The number of nitrogens with two attached hydrogens (primary N) is 1. The predicted molar refractivity (Wildman–Crippen MR) is 58.0 cm³/mol. The van der Waals surface area contributed by atoms with Crippen LogP contribution in [0.1, 0.15) is 18.3 Å². The van der Waals surface area contributed by atoms with Gasteiger partial charge in [-0.1, -0.05) is 6.07 Å². The number of aryl methyl sites for hydroxylation is 2. The zero-order chi connectivity index (χ0) is 10.1. The largest absolute Gasteiger partial charge is 0.327 e. The van der Waals surface area contributed by atoms with Crippen molar-refractivity contribution in [2.75, 3.05) is 0 Å². The average molecular weight is 189 g/mol. The maximum Gasteiger partial charge on any atom is 0.123 e. The van der Waals surface area contributed by atoms with Gasteiger partial charge in [-0.2, -0.15) is 0 Å². The van der Waals surface area contributed by atoms with E-state index in [9.17, 15) is 0 Å². The summed E-state index contributed by atoms with van der Waals surface area (Å²) in [4.78, 5) is 4.48. The number of fused-ring (bicyclic) bond motifs is 1. The Morgan fingerprint density at radius 3 is 2.86 bits per heavy atom. The summed E-state index contributed by atoms with van der Waals surface area (Å²) in [7, 11) is 0. The van der Waals surface area contributed by atoms with E-state index in [0.717, 1.165) is 17.9 Å². The second-order valence-electron chi connectivity index (χ2n) is 3.47. The SMILES string of the molecule is CCn1c(CN)nc2ccc(C)cc21. The molecule has 14 heavy (non-hydrogen) atoms. The lowest BCUT2D eigenvalue weighted by Gasteiger charge is -2.03. The molecule has 0 fully saturated rings. The molecule has 2 N–H and O–H groups in total. The van der Waals surface area contributed by atoms with Crippen molar-refractivity contribution in [1.29, 1.82) is 0 Å². The third-order valence-electron chi connectivity index (χ3n) is 2.48. The highest BCUT2D eigenvalue weighted by molar-refractivity contribution is 5.76. The molecule has 0 radical (unpaired) electrons. The molecule has 1 heterocycles. The van der Waals surface area contributed by atoms with E-state index in [4.69, 9.17) is 5.73 Å². The second-order valence-corrected chi connectivity index (χ2v) is 3.47. The topological polar surface area (TPSA) is 43.8 Å². The summed E-state index contributed by atoms with van der Waals surface area (Å²) in [6.07, 6.45) is 0. The van der Waals surface area contributed by atoms with Crippen LogP contribution in [0.5, 0.6) is 0 Å². The van der Waals surface area contributed by atoms with E-state index in [1.54, 1.807) is 0 Å². The normalized spacial score (nSPS) is 11.1. The molecule has 0 saturated heterocycles. The van der Waals surface area contributed by atoms with Crippen LogP contribution in [0, 0.1) is 6.92 Å². The molecule has 0 atom stereocenters. The molecule has 3 nitrogen and oxygen atoms in total. The fourth-order valence-corrected chi connectivity index (χ4v) is 1.79. The number of aromatic nitrogens is 2. The van der Waals surface area contributed by atoms with E-state index < -0.39 is 0 Å². The Morgan fingerprint density at radius 2 is 2.21 bits per heavy atom. The smallest absolute Gasteiger partial charge is 0.123 e. The molecule has 0 aliphatic rings. The molecular weight excluding hydrogens is 174 g/mol. The monoisotopic (exact) mass is 189 g/mol. The Hall–Kier alpha value is -1.35. The molecule has 0 aliphatic carbocycles. The number of rotatable bonds is 2. The Morgan fingerprint density at radius 1 is 1.43 bits per heavy atom. The highest BCUT2D eigenvalue weighted by Gasteiger charge is 2.07. The summed E-state index contributed by atoms with van der Waals surface area (Å²) < 4.78 is 2.17. The third-order valence-corrected chi connectivity index (χ3v) is 2.48. The summed E-state index contributed by atoms with van der Waals surface area (Å²) in [5.74, 6) is 0.966. The van der Waals surface area contributed by atoms with E-state index in [-0.39, 0.29) is 0 Å². The van der Waals surface area contributed by atoms with Gasteiger partial charge in [0.25, 0.3) is 0 Å². The van der Waals surface area contributed by atoms with Gasteiger partial charge >= 0.3 is 0 Å². The molecule has 0 spiro atoms. The van der Waals surface area contributed by atoms with Crippen LogP contribution in [0.2, 0.25) is 0 Å². The molecule has 0 bridgehead atoms. The zero-order valence-electron chi connectivity index (χ0n) is 8.62. The molecule has 0 amide bonds. The van der Waals surface area contributed by atoms with E-state index in [0.29, 0.717) is 6.54 Å². The fraction of sp³-hybridized carbons (Fsp3) is 0.364. The molecule has 1 aromatic carbocycles. The zero-order valence-corrected chi connectivity index (χ0v) is 8.62. The molecule has 0 unspecified atom stereocenters. The van der Waals surface area contributed by atoms with Crippen molar-refractivity contribution < 1.29 is 0 Å². The molecule has 2 rings (SSSR count). The first-order chi connectivity index (χ1) is 6.76. The molecular formula is C11H15N3. The Balaban J connectivity index is 2.74. The fourth-order valence-electron chi connectivity index (χ4n) is 1.79. The summed E-state index contributed by atoms with van der Waals surface area (Å²) in [6.45, 7) is 5.63. The number of nitrogens with zero attached hydrogens (tertiary/aromatic N) is 2. The first-order valence-corrected chi connectivity index (χ1v) is 4.92. The van der Waals surface area contributed by atoms with Crippen LogP contribution >= 0.6 is 0 Å². The number of hydrogen-bond acceptors (Lipinski definition) is 2. The van der Waals surface area contributed by atoms with Crippen LogP contribution < -0.4 is 5.73 Å². The van der Waals surface area contributed by atoms with Crippen molar-refractivity contribution in [3.05, 3.63) is 29.6 Å². The van der Waals surface area contributed by atoms with Gasteiger partial charge in [-0.3, -0.25) is 0 Å². The van der Waals surface area contributed by atoms with Crippen LogP contribution in [0.3, 0.4) is 0 Å². The van der Waals surface area contributed by atoms with Gasteiger partial charge in [0.2, 0.25) is 0 Å². The molecule has 74 valence electrons. The standard InChI is InChI=1S/C11H15N3/c1-3-14-10-6-8(2)4-5-9(10)13-11(14)7-12/h4-6H,3,7,12H2,1-2H3. The molecule has 2 aromatic rings. The van der Waals surface area contributed by atoms with Crippen molar-refractivity contribution in [2.24, 2.45) is 5.73 Å². The average Bonchev–Trinajstić information content (AvgIpc) is 2.54. The van der Waals surface area contributed by atoms with Crippen molar-refractivity contribution >= 4 is 11.0 Å². The van der Waals surface area contributed by atoms with E-state index in [1.807, 2.05) is 0 Å². The number of imidazole rings is 1. The molecule has 3 heteroatoms. The van der Waals surface area contributed by atoms with Gasteiger partial charge in [0.15, 0.2) is 0 Å². The van der Waals surface area contributed by atoms with Crippen LogP contribution in [0.15, 0.2) is 18.2 Å². The van der Waals surface area contributed by atoms with Gasteiger partial charge < -0.3 is 10.3 Å². The van der Waals surface area contributed by atoms with Gasteiger partial charge in [0, 0.05) is 6.54 Å². The second kappa shape index (κ2) is 3.42. The first kappa shape index (κ1) is 9.21.